The average molecular weight is 300 g/mol. The number of rotatable bonds is 8. The first-order valence-corrected chi connectivity index (χ1v) is 7.78. The summed E-state index contributed by atoms with van der Waals surface area (Å²) in [6.45, 7) is 7.39. The van der Waals surface area contributed by atoms with Crippen LogP contribution in [-0.4, -0.2) is 42.4 Å². The van der Waals surface area contributed by atoms with Gasteiger partial charge in [-0.1, -0.05) is 13.8 Å². The molecule has 3 unspecified atom stereocenters. The molecule has 3 N–H and O–H groups in total. The second-order valence-electron chi connectivity index (χ2n) is 6.10. The van der Waals surface area contributed by atoms with E-state index in [1.165, 1.54) is 0 Å². The van der Waals surface area contributed by atoms with Gasteiger partial charge in [0.05, 0.1) is 12.1 Å². The van der Waals surface area contributed by atoms with Gasteiger partial charge in [0, 0.05) is 19.6 Å². The van der Waals surface area contributed by atoms with Crippen LogP contribution in [0.3, 0.4) is 0 Å². The molecule has 0 spiro atoms. The maximum atomic E-state index is 11.8. The molecule has 1 aliphatic rings. The summed E-state index contributed by atoms with van der Waals surface area (Å²) in [4.78, 5) is 22.4. The summed E-state index contributed by atoms with van der Waals surface area (Å²) in [6, 6.07) is -0.0870. The molecule has 1 heterocycles. The summed E-state index contributed by atoms with van der Waals surface area (Å²) in [7, 11) is 0. The summed E-state index contributed by atoms with van der Waals surface area (Å²) in [5.74, 6) is -0.0332. The van der Waals surface area contributed by atoms with E-state index in [1.807, 2.05) is 6.92 Å². The zero-order chi connectivity index (χ0) is 15.8. The monoisotopic (exact) mass is 300 g/mol. The highest BCUT2D eigenvalue weighted by Gasteiger charge is 2.25. The van der Waals surface area contributed by atoms with Gasteiger partial charge in [0.1, 0.15) is 0 Å². The summed E-state index contributed by atoms with van der Waals surface area (Å²) in [6.07, 6.45) is 2.56. The summed E-state index contributed by atoms with van der Waals surface area (Å²) in [5, 5.41) is 14.5. The minimum atomic E-state index is -0.762. The number of aliphatic carboxylic acids is 1. The zero-order valence-electron chi connectivity index (χ0n) is 13.2. The fraction of sp³-hybridized carbons (Fsp3) is 0.867. The van der Waals surface area contributed by atoms with Crippen molar-refractivity contribution >= 4 is 12.0 Å². The average Bonchev–Trinajstić information content (AvgIpc) is 2.78. The topological polar surface area (TPSA) is 87.7 Å². The van der Waals surface area contributed by atoms with Crippen LogP contribution < -0.4 is 10.6 Å². The van der Waals surface area contributed by atoms with E-state index < -0.39 is 5.97 Å². The zero-order valence-corrected chi connectivity index (χ0v) is 13.2. The van der Waals surface area contributed by atoms with Crippen LogP contribution in [0.2, 0.25) is 0 Å². The van der Waals surface area contributed by atoms with E-state index in [-0.39, 0.29) is 24.6 Å². The lowest BCUT2D eigenvalue weighted by molar-refractivity contribution is -0.137. The SMILES string of the molecule is CC(C)C(CCNC(=O)NC1CCOC1C)CCC(=O)O. The van der Waals surface area contributed by atoms with Gasteiger partial charge in [-0.3, -0.25) is 4.79 Å². The van der Waals surface area contributed by atoms with Crippen molar-refractivity contribution < 1.29 is 19.4 Å². The lowest BCUT2D eigenvalue weighted by atomic mass is 9.88. The minimum Gasteiger partial charge on any atom is -0.481 e. The fourth-order valence-corrected chi connectivity index (χ4v) is 2.63. The Bertz CT molecular complexity index is 347. The van der Waals surface area contributed by atoms with Gasteiger partial charge in [0.25, 0.3) is 0 Å². The first-order valence-electron chi connectivity index (χ1n) is 7.78. The molecule has 0 aromatic rings. The maximum Gasteiger partial charge on any atom is 0.315 e. The molecular formula is C15H28N2O4. The van der Waals surface area contributed by atoms with Gasteiger partial charge in [-0.25, -0.2) is 4.79 Å². The minimum absolute atomic E-state index is 0.0646. The highest BCUT2D eigenvalue weighted by molar-refractivity contribution is 5.74. The summed E-state index contributed by atoms with van der Waals surface area (Å²) in [5.41, 5.74) is 0. The van der Waals surface area contributed by atoms with Crippen LogP contribution >= 0.6 is 0 Å². The van der Waals surface area contributed by atoms with Crippen LogP contribution in [0.5, 0.6) is 0 Å². The molecule has 6 nitrogen and oxygen atoms in total. The van der Waals surface area contributed by atoms with Gasteiger partial charge in [-0.2, -0.15) is 0 Å². The van der Waals surface area contributed by atoms with Crippen molar-refractivity contribution in [2.75, 3.05) is 13.2 Å². The summed E-state index contributed by atoms with van der Waals surface area (Å²) < 4.78 is 5.40. The second kappa shape index (κ2) is 8.87. The molecule has 1 aliphatic heterocycles. The first-order chi connectivity index (χ1) is 9.90. The number of hydrogen-bond donors (Lipinski definition) is 3. The molecule has 0 bridgehead atoms. The molecule has 0 aromatic heterocycles. The third kappa shape index (κ3) is 6.80. The molecule has 21 heavy (non-hydrogen) atoms. The van der Waals surface area contributed by atoms with E-state index in [4.69, 9.17) is 9.84 Å². The van der Waals surface area contributed by atoms with Crippen LogP contribution in [0, 0.1) is 11.8 Å². The predicted molar refractivity (Wildman–Crippen MR) is 80.2 cm³/mol. The Labute approximate surface area is 126 Å². The van der Waals surface area contributed by atoms with Crippen molar-refractivity contribution in [3.63, 3.8) is 0 Å². The van der Waals surface area contributed by atoms with Gasteiger partial charge >= 0.3 is 12.0 Å². The Morgan fingerprint density at radius 2 is 2.05 bits per heavy atom. The van der Waals surface area contributed by atoms with Crippen molar-refractivity contribution in [2.45, 2.75) is 58.6 Å². The Morgan fingerprint density at radius 1 is 1.33 bits per heavy atom. The molecule has 6 heteroatoms. The van der Waals surface area contributed by atoms with E-state index in [2.05, 4.69) is 24.5 Å². The van der Waals surface area contributed by atoms with E-state index in [9.17, 15) is 9.59 Å². The number of carbonyl (C=O) groups excluding carboxylic acids is 1. The lowest BCUT2D eigenvalue weighted by Gasteiger charge is -2.21. The normalized spacial score (nSPS) is 23.0. The Kier molecular flexibility index (Phi) is 7.50. The van der Waals surface area contributed by atoms with Gasteiger partial charge in [0.15, 0.2) is 0 Å². The Hall–Kier alpha value is -1.30. The van der Waals surface area contributed by atoms with Gasteiger partial charge in [-0.05, 0) is 38.0 Å². The van der Waals surface area contributed by atoms with Crippen LogP contribution in [0.15, 0.2) is 0 Å². The van der Waals surface area contributed by atoms with Crippen LogP contribution in [-0.2, 0) is 9.53 Å². The molecule has 3 atom stereocenters. The standard InChI is InChI=1S/C15H28N2O4/c1-10(2)12(4-5-14(18)19)6-8-16-15(20)17-13-7-9-21-11(13)3/h10-13H,4-9H2,1-3H3,(H,18,19)(H2,16,17,20). The molecule has 0 radical (unpaired) electrons. The number of nitrogens with one attached hydrogen (secondary N) is 2. The van der Waals surface area contributed by atoms with E-state index in [0.29, 0.717) is 31.4 Å². The van der Waals surface area contributed by atoms with Crippen molar-refractivity contribution in [3.05, 3.63) is 0 Å². The van der Waals surface area contributed by atoms with Crippen LogP contribution in [0.1, 0.15) is 46.5 Å². The highest BCUT2D eigenvalue weighted by atomic mass is 16.5. The smallest absolute Gasteiger partial charge is 0.315 e. The number of hydrogen-bond acceptors (Lipinski definition) is 3. The molecule has 1 fully saturated rings. The molecular weight excluding hydrogens is 272 g/mol. The van der Waals surface area contributed by atoms with Gasteiger partial charge in [0.2, 0.25) is 0 Å². The number of amides is 2. The third-order valence-corrected chi connectivity index (χ3v) is 4.17. The molecule has 1 rings (SSSR count). The maximum absolute atomic E-state index is 11.8. The van der Waals surface area contributed by atoms with Gasteiger partial charge < -0.3 is 20.5 Å². The number of carboxylic acids is 1. The quantitative estimate of drug-likeness (QED) is 0.639. The lowest BCUT2D eigenvalue weighted by Crippen LogP contribution is -2.45. The van der Waals surface area contributed by atoms with Crippen LogP contribution in [0.25, 0.3) is 0 Å². The molecule has 0 aromatic carbocycles. The number of carboxylic acid groups (broad SMARTS) is 1. The van der Waals surface area contributed by atoms with Gasteiger partial charge in [-0.15, -0.1) is 0 Å². The van der Waals surface area contributed by atoms with Crippen molar-refractivity contribution in [1.82, 2.24) is 10.6 Å². The molecule has 122 valence electrons. The molecule has 0 aliphatic carbocycles. The number of urea groups is 1. The Balaban J connectivity index is 2.23. The van der Waals surface area contributed by atoms with Crippen molar-refractivity contribution in [1.29, 1.82) is 0 Å². The Morgan fingerprint density at radius 3 is 2.57 bits per heavy atom. The fourth-order valence-electron chi connectivity index (χ4n) is 2.63. The number of carbonyl (C=O) groups is 2. The predicted octanol–water partition coefficient (Wildman–Crippen LogP) is 1.99. The molecule has 2 amide bonds. The van der Waals surface area contributed by atoms with E-state index >= 15 is 0 Å². The van der Waals surface area contributed by atoms with E-state index in [0.717, 1.165) is 12.8 Å². The molecule has 0 saturated carbocycles. The second-order valence-corrected chi connectivity index (χ2v) is 6.10. The first kappa shape index (κ1) is 17.8. The largest absolute Gasteiger partial charge is 0.481 e. The van der Waals surface area contributed by atoms with Crippen molar-refractivity contribution in [3.8, 4) is 0 Å². The van der Waals surface area contributed by atoms with Crippen LogP contribution in [0.4, 0.5) is 4.79 Å². The number of ether oxygens (including phenoxy) is 1. The van der Waals surface area contributed by atoms with E-state index in [1.54, 1.807) is 0 Å². The molecule has 1 saturated heterocycles. The van der Waals surface area contributed by atoms with Crippen molar-refractivity contribution in [2.24, 2.45) is 11.8 Å². The summed E-state index contributed by atoms with van der Waals surface area (Å²) >= 11 is 0. The highest BCUT2D eigenvalue weighted by Crippen LogP contribution is 2.20. The third-order valence-electron chi connectivity index (χ3n) is 4.17.